The van der Waals surface area contributed by atoms with Crippen LogP contribution in [0.25, 0.3) is 0 Å². The van der Waals surface area contributed by atoms with Crippen LogP contribution in [0.1, 0.15) is 0 Å². The van der Waals surface area contributed by atoms with Gasteiger partial charge < -0.3 is 15.2 Å². The molecule has 0 aliphatic heterocycles. The van der Waals surface area contributed by atoms with Crippen LogP contribution in [0.15, 0.2) is 41.3 Å². The SMILES string of the molecule is COc1cc(Oc2ccc(S(C)(=O)=O)cc2)c(N)cc1F. The molecule has 2 aromatic carbocycles. The highest BCUT2D eigenvalue weighted by Crippen LogP contribution is 2.33. The lowest BCUT2D eigenvalue weighted by atomic mass is 10.2. The molecule has 0 saturated heterocycles. The fourth-order valence-electron chi connectivity index (χ4n) is 1.68. The Morgan fingerprint density at radius 1 is 1.10 bits per heavy atom. The first-order valence-corrected chi connectivity index (χ1v) is 7.81. The lowest BCUT2D eigenvalue weighted by Gasteiger charge is -2.11. The Morgan fingerprint density at radius 3 is 2.24 bits per heavy atom. The number of nitrogen functional groups attached to an aromatic ring is 1. The first-order valence-electron chi connectivity index (χ1n) is 5.92. The third kappa shape index (κ3) is 3.43. The topological polar surface area (TPSA) is 78.6 Å². The molecule has 2 rings (SSSR count). The zero-order valence-electron chi connectivity index (χ0n) is 11.5. The Balaban J connectivity index is 2.30. The van der Waals surface area contributed by atoms with Gasteiger partial charge in [0.05, 0.1) is 17.7 Å². The van der Waals surface area contributed by atoms with Crippen molar-refractivity contribution in [1.82, 2.24) is 0 Å². The van der Waals surface area contributed by atoms with Crippen molar-refractivity contribution >= 4 is 15.5 Å². The Bertz CT molecular complexity index is 757. The van der Waals surface area contributed by atoms with Gasteiger partial charge in [-0.05, 0) is 24.3 Å². The van der Waals surface area contributed by atoms with Crippen molar-refractivity contribution in [2.24, 2.45) is 0 Å². The van der Waals surface area contributed by atoms with E-state index in [9.17, 15) is 12.8 Å². The van der Waals surface area contributed by atoms with E-state index < -0.39 is 15.7 Å². The largest absolute Gasteiger partial charge is 0.494 e. The molecule has 7 heteroatoms. The van der Waals surface area contributed by atoms with E-state index in [4.69, 9.17) is 15.2 Å². The molecular weight excluding hydrogens is 297 g/mol. The lowest BCUT2D eigenvalue weighted by Crippen LogP contribution is -1.98. The van der Waals surface area contributed by atoms with Crippen LogP contribution in [0, 0.1) is 5.82 Å². The van der Waals surface area contributed by atoms with Crippen molar-refractivity contribution in [1.29, 1.82) is 0 Å². The smallest absolute Gasteiger partial charge is 0.175 e. The number of hydrogen-bond acceptors (Lipinski definition) is 5. The van der Waals surface area contributed by atoms with Crippen LogP contribution in [0.5, 0.6) is 17.2 Å². The van der Waals surface area contributed by atoms with E-state index in [2.05, 4.69) is 0 Å². The fraction of sp³-hybridized carbons (Fsp3) is 0.143. The molecule has 0 aliphatic rings. The molecule has 21 heavy (non-hydrogen) atoms. The summed E-state index contributed by atoms with van der Waals surface area (Å²) in [5.74, 6) is 0.0184. The van der Waals surface area contributed by atoms with Gasteiger partial charge >= 0.3 is 0 Å². The van der Waals surface area contributed by atoms with Crippen molar-refractivity contribution < 1.29 is 22.3 Å². The normalized spacial score (nSPS) is 11.2. The molecule has 2 aromatic rings. The number of sulfone groups is 1. The Hall–Kier alpha value is -2.28. The molecule has 0 radical (unpaired) electrons. The first-order chi connectivity index (χ1) is 9.81. The number of halogens is 1. The van der Waals surface area contributed by atoms with Gasteiger partial charge in [-0.3, -0.25) is 0 Å². The number of rotatable bonds is 4. The quantitative estimate of drug-likeness (QED) is 0.878. The van der Waals surface area contributed by atoms with Crippen LogP contribution in [-0.4, -0.2) is 21.8 Å². The second kappa shape index (κ2) is 5.61. The second-order valence-corrected chi connectivity index (χ2v) is 6.39. The minimum Gasteiger partial charge on any atom is -0.494 e. The zero-order valence-corrected chi connectivity index (χ0v) is 12.3. The highest BCUT2D eigenvalue weighted by atomic mass is 32.2. The van der Waals surface area contributed by atoms with Gasteiger partial charge in [0.15, 0.2) is 27.2 Å². The molecule has 0 saturated carbocycles. The average Bonchev–Trinajstić information content (AvgIpc) is 2.41. The van der Waals surface area contributed by atoms with Crippen LogP contribution in [0.3, 0.4) is 0 Å². The molecule has 0 fully saturated rings. The zero-order chi connectivity index (χ0) is 15.6. The van der Waals surface area contributed by atoms with E-state index >= 15 is 0 Å². The number of nitrogens with two attached hydrogens (primary N) is 1. The van der Waals surface area contributed by atoms with E-state index in [1.54, 1.807) is 0 Å². The minimum atomic E-state index is -3.27. The number of ether oxygens (including phenoxy) is 2. The van der Waals surface area contributed by atoms with Crippen LogP contribution >= 0.6 is 0 Å². The van der Waals surface area contributed by atoms with Crippen molar-refractivity contribution in [2.45, 2.75) is 4.90 Å². The van der Waals surface area contributed by atoms with Gasteiger partial charge in [-0.15, -0.1) is 0 Å². The maximum absolute atomic E-state index is 13.4. The number of anilines is 1. The standard InChI is InChI=1S/C14H14FNO4S/c1-19-13-8-14(12(16)7-11(13)15)20-9-3-5-10(6-4-9)21(2,17)18/h3-8H,16H2,1-2H3. The van der Waals surface area contributed by atoms with E-state index in [1.165, 1.54) is 37.4 Å². The van der Waals surface area contributed by atoms with Gasteiger partial charge in [-0.2, -0.15) is 0 Å². The summed E-state index contributed by atoms with van der Waals surface area (Å²) in [6, 6.07) is 8.24. The third-order valence-electron chi connectivity index (χ3n) is 2.76. The van der Waals surface area contributed by atoms with E-state index in [-0.39, 0.29) is 22.1 Å². The number of benzene rings is 2. The van der Waals surface area contributed by atoms with Crippen molar-refractivity contribution in [3.63, 3.8) is 0 Å². The van der Waals surface area contributed by atoms with Gasteiger partial charge in [0.25, 0.3) is 0 Å². The Kier molecular flexibility index (Phi) is 4.04. The molecule has 5 nitrogen and oxygen atoms in total. The van der Waals surface area contributed by atoms with Gasteiger partial charge in [0.1, 0.15) is 5.75 Å². The first kappa shape index (κ1) is 15.1. The van der Waals surface area contributed by atoms with Crippen molar-refractivity contribution in [3.05, 3.63) is 42.2 Å². The van der Waals surface area contributed by atoms with Crippen LogP contribution in [-0.2, 0) is 9.84 Å². The summed E-state index contributed by atoms with van der Waals surface area (Å²) >= 11 is 0. The second-order valence-electron chi connectivity index (χ2n) is 4.37. The molecule has 0 spiro atoms. The summed E-state index contributed by atoms with van der Waals surface area (Å²) in [5, 5.41) is 0. The summed E-state index contributed by atoms with van der Waals surface area (Å²) in [5.41, 5.74) is 5.79. The van der Waals surface area contributed by atoms with Crippen LogP contribution < -0.4 is 15.2 Å². The molecular formula is C14H14FNO4S. The summed E-state index contributed by atoms with van der Waals surface area (Å²) in [7, 11) is -1.93. The van der Waals surface area contributed by atoms with Gasteiger partial charge in [-0.25, -0.2) is 12.8 Å². The third-order valence-corrected chi connectivity index (χ3v) is 3.89. The summed E-state index contributed by atoms with van der Waals surface area (Å²) < 4.78 is 46.5. The van der Waals surface area contributed by atoms with Gasteiger partial charge in [0.2, 0.25) is 0 Å². The maximum Gasteiger partial charge on any atom is 0.175 e. The average molecular weight is 311 g/mol. The van der Waals surface area contributed by atoms with E-state index in [0.29, 0.717) is 5.75 Å². The highest BCUT2D eigenvalue weighted by molar-refractivity contribution is 7.90. The van der Waals surface area contributed by atoms with Crippen LogP contribution in [0.2, 0.25) is 0 Å². The summed E-state index contributed by atoms with van der Waals surface area (Å²) in [4.78, 5) is 0.180. The number of hydrogen-bond donors (Lipinski definition) is 1. The minimum absolute atomic E-state index is 0.00644. The molecule has 0 amide bonds. The summed E-state index contributed by atoms with van der Waals surface area (Å²) in [6.45, 7) is 0. The summed E-state index contributed by atoms with van der Waals surface area (Å²) in [6.07, 6.45) is 1.12. The predicted octanol–water partition coefficient (Wildman–Crippen LogP) is 2.61. The maximum atomic E-state index is 13.4. The molecule has 0 heterocycles. The van der Waals surface area contributed by atoms with Crippen molar-refractivity contribution in [3.8, 4) is 17.2 Å². The monoisotopic (exact) mass is 311 g/mol. The molecule has 0 aliphatic carbocycles. The molecule has 0 unspecified atom stereocenters. The Morgan fingerprint density at radius 2 is 1.71 bits per heavy atom. The molecule has 0 bridgehead atoms. The van der Waals surface area contributed by atoms with E-state index in [1.807, 2.05) is 0 Å². The van der Waals surface area contributed by atoms with E-state index in [0.717, 1.165) is 12.3 Å². The van der Waals surface area contributed by atoms with Gasteiger partial charge in [0, 0.05) is 18.4 Å². The van der Waals surface area contributed by atoms with Crippen LogP contribution in [0.4, 0.5) is 10.1 Å². The molecule has 2 N–H and O–H groups in total. The lowest BCUT2D eigenvalue weighted by molar-refractivity contribution is 0.382. The van der Waals surface area contributed by atoms with Gasteiger partial charge in [-0.1, -0.05) is 0 Å². The fourth-order valence-corrected chi connectivity index (χ4v) is 2.31. The molecule has 112 valence electrons. The molecule has 0 aromatic heterocycles. The predicted molar refractivity (Wildman–Crippen MR) is 77.0 cm³/mol. The highest BCUT2D eigenvalue weighted by Gasteiger charge is 2.11. The number of methoxy groups -OCH3 is 1. The van der Waals surface area contributed by atoms with Crippen molar-refractivity contribution in [2.75, 3.05) is 19.1 Å². The Labute approximate surface area is 122 Å². The molecule has 0 atom stereocenters.